The van der Waals surface area contributed by atoms with Crippen LogP contribution in [0.2, 0.25) is 0 Å². The fourth-order valence-corrected chi connectivity index (χ4v) is 0.820. The van der Waals surface area contributed by atoms with Crippen molar-refractivity contribution in [1.82, 2.24) is 4.98 Å². The van der Waals surface area contributed by atoms with E-state index in [-0.39, 0.29) is 0 Å². The van der Waals surface area contributed by atoms with Crippen LogP contribution in [-0.4, -0.2) is 4.98 Å². The van der Waals surface area contributed by atoms with Gasteiger partial charge in [-0.05, 0) is 24.4 Å². The standard InChI is InChI=1S/C8H10N2/c1-2-8-7(3-5-9)4-6-10-8/h2-6,10H,1,9H2/b5-3-. The largest absolute Gasteiger partial charge is 0.405 e. The van der Waals surface area contributed by atoms with Gasteiger partial charge in [-0.3, -0.25) is 0 Å². The van der Waals surface area contributed by atoms with E-state index in [1.165, 1.54) is 6.20 Å². The molecule has 0 amide bonds. The van der Waals surface area contributed by atoms with Crippen molar-refractivity contribution in [3.8, 4) is 0 Å². The Balaban J connectivity index is 3.00. The predicted molar refractivity (Wildman–Crippen MR) is 44.1 cm³/mol. The highest BCUT2D eigenvalue weighted by molar-refractivity contribution is 5.61. The normalized spacial score (nSPS) is 10.4. The maximum absolute atomic E-state index is 5.21. The van der Waals surface area contributed by atoms with Crippen LogP contribution in [0.15, 0.2) is 25.0 Å². The molecule has 0 aliphatic carbocycles. The van der Waals surface area contributed by atoms with E-state index in [1.807, 2.05) is 18.3 Å². The third-order valence-electron chi connectivity index (χ3n) is 1.29. The Morgan fingerprint density at radius 3 is 3.00 bits per heavy atom. The van der Waals surface area contributed by atoms with Crippen LogP contribution in [0.5, 0.6) is 0 Å². The fraction of sp³-hybridized carbons (Fsp3) is 0. The molecule has 0 aliphatic heterocycles. The Morgan fingerprint density at radius 1 is 1.60 bits per heavy atom. The Hall–Kier alpha value is -1.44. The maximum Gasteiger partial charge on any atom is 0.0448 e. The number of nitrogens with one attached hydrogen (secondary N) is 1. The average molecular weight is 134 g/mol. The highest BCUT2D eigenvalue weighted by Crippen LogP contribution is 2.08. The molecule has 52 valence electrons. The van der Waals surface area contributed by atoms with Crippen molar-refractivity contribution >= 4 is 12.2 Å². The first-order valence-electron chi connectivity index (χ1n) is 3.06. The van der Waals surface area contributed by atoms with Crippen LogP contribution < -0.4 is 5.73 Å². The van der Waals surface area contributed by atoms with E-state index < -0.39 is 0 Å². The molecule has 0 radical (unpaired) electrons. The lowest BCUT2D eigenvalue weighted by atomic mass is 10.2. The monoisotopic (exact) mass is 134 g/mol. The maximum atomic E-state index is 5.21. The number of hydrogen-bond acceptors (Lipinski definition) is 1. The van der Waals surface area contributed by atoms with Gasteiger partial charge in [0.05, 0.1) is 0 Å². The molecule has 1 heterocycles. The lowest BCUT2D eigenvalue weighted by Crippen LogP contribution is -1.78. The third kappa shape index (κ3) is 1.10. The summed E-state index contributed by atoms with van der Waals surface area (Å²) < 4.78 is 0. The predicted octanol–water partition coefficient (Wildman–Crippen LogP) is 1.59. The van der Waals surface area contributed by atoms with E-state index in [1.54, 1.807) is 6.08 Å². The van der Waals surface area contributed by atoms with Crippen molar-refractivity contribution in [2.45, 2.75) is 0 Å². The second kappa shape index (κ2) is 2.92. The molecule has 1 aromatic rings. The smallest absolute Gasteiger partial charge is 0.0448 e. The SMILES string of the molecule is C=Cc1[nH]ccc1/C=C\N. The number of hydrogen-bond donors (Lipinski definition) is 2. The zero-order valence-electron chi connectivity index (χ0n) is 5.67. The molecule has 0 aliphatic rings. The van der Waals surface area contributed by atoms with Crippen molar-refractivity contribution in [2.24, 2.45) is 5.73 Å². The minimum absolute atomic E-state index is 1.00. The van der Waals surface area contributed by atoms with Crippen LogP contribution in [-0.2, 0) is 0 Å². The summed E-state index contributed by atoms with van der Waals surface area (Å²) in [6.07, 6.45) is 6.95. The molecule has 0 spiro atoms. The summed E-state index contributed by atoms with van der Waals surface area (Å²) >= 11 is 0. The van der Waals surface area contributed by atoms with Crippen molar-refractivity contribution in [2.75, 3.05) is 0 Å². The molecule has 0 aromatic carbocycles. The fourth-order valence-electron chi connectivity index (χ4n) is 0.820. The number of rotatable bonds is 2. The molecule has 10 heavy (non-hydrogen) atoms. The molecule has 0 unspecified atom stereocenters. The molecule has 0 bridgehead atoms. The van der Waals surface area contributed by atoms with E-state index in [0.29, 0.717) is 0 Å². The Kier molecular flexibility index (Phi) is 1.95. The molecule has 1 rings (SSSR count). The van der Waals surface area contributed by atoms with Crippen molar-refractivity contribution in [3.63, 3.8) is 0 Å². The Labute approximate surface area is 60.1 Å². The topological polar surface area (TPSA) is 41.8 Å². The lowest BCUT2D eigenvalue weighted by molar-refractivity contribution is 1.37. The average Bonchev–Trinajstić information content (AvgIpc) is 2.36. The Morgan fingerprint density at radius 2 is 2.40 bits per heavy atom. The number of nitrogens with two attached hydrogens (primary N) is 1. The van der Waals surface area contributed by atoms with Crippen LogP contribution in [0.3, 0.4) is 0 Å². The van der Waals surface area contributed by atoms with Gasteiger partial charge in [0.2, 0.25) is 0 Å². The highest BCUT2D eigenvalue weighted by Gasteiger charge is 1.92. The summed E-state index contributed by atoms with van der Waals surface area (Å²) in [6, 6.07) is 1.94. The quantitative estimate of drug-likeness (QED) is 0.633. The first-order valence-corrected chi connectivity index (χ1v) is 3.06. The van der Waals surface area contributed by atoms with Crippen molar-refractivity contribution in [1.29, 1.82) is 0 Å². The minimum atomic E-state index is 1.00. The van der Waals surface area contributed by atoms with Crippen molar-refractivity contribution < 1.29 is 0 Å². The molecular weight excluding hydrogens is 124 g/mol. The highest BCUT2D eigenvalue weighted by atomic mass is 14.7. The van der Waals surface area contributed by atoms with Gasteiger partial charge in [-0.2, -0.15) is 0 Å². The molecule has 3 N–H and O–H groups in total. The van der Waals surface area contributed by atoms with Gasteiger partial charge in [0, 0.05) is 17.5 Å². The van der Waals surface area contributed by atoms with Crippen molar-refractivity contribution in [3.05, 3.63) is 36.3 Å². The zero-order chi connectivity index (χ0) is 7.40. The molecule has 0 fully saturated rings. The van der Waals surface area contributed by atoms with Crippen LogP contribution >= 0.6 is 0 Å². The summed E-state index contributed by atoms with van der Waals surface area (Å²) in [6.45, 7) is 3.64. The molecule has 0 saturated heterocycles. The van der Waals surface area contributed by atoms with Gasteiger partial charge in [0.1, 0.15) is 0 Å². The van der Waals surface area contributed by atoms with Gasteiger partial charge in [-0.1, -0.05) is 6.58 Å². The molecule has 0 saturated carbocycles. The van der Waals surface area contributed by atoms with Crippen LogP contribution in [0.1, 0.15) is 11.3 Å². The zero-order valence-corrected chi connectivity index (χ0v) is 5.67. The van der Waals surface area contributed by atoms with E-state index >= 15 is 0 Å². The summed E-state index contributed by atoms with van der Waals surface area (Å²) in [5.41, 5.74) is 7.28. The lowest BCUT2D eigenvalue weighted by Gasteiger charge is -1.87. The third-order valence-corrected chi connectivity index (χ3v) is 1.29. The number of H-pyrrole nitrogens is 1. The van der Waals surface area contributed by atoms with E-state index in [2.05, 4.69) is 11.6 Å². The van der Waals surface area contributed by atoms with Gasteiger partial charge in [-0.25, -0.2) is 0 Å². The summed E-state index contributed by atoms with van der Waals surface area (Å²) in [5, 5.41) is 0. The van der Waals surface area contributed by atoms with Crippen LogP contribution in [0.25, 0.3) is 12.2 Å². The molecule has 2 heteroatoms. The second-order valence-electron chi connectivity index (χ2n) is 1.91. The summed E-state index contributed by atoms with van der Waals surface area (Å²) in [7, 11) is 0. The van der Waals surface area contributed by atoms with E-state index in [4.69, 9.17) is 5.73 Å². The number of aromatic nitrogens is 1. The molecule has 2 nitrogen and oxygen atoms in total. The summed E-state index contributed by atoms with van der Waals surface area (Å²) in [5.74, 6) is 0. The first kappa shape index (κ1) is 6.68. The second-order valence-corrected chi connectivity index (χ2v) is 1.91. The van der Waals surface area contributed by atoms with Gasteiger partial charge in [0.25, 0.3) is 0 Å². The molecule has 0 atom stereocenters. The van der Waals surface area contributed by atoms with Crippen LogP contribution in [0.4, 0.5) is 0 Å². The molecule has 1 aromatic heterocycles. The van der Waals surface area contributed by atoms with E-state index in [0.717, 1.165) is 11.3 Å². The van der Waals surface area contributed by atoms with Gasteiger partial charge in [-0.15, -0.1) is 0 Å². The number of aromatic amines is 1. The van der Waals surface area contributed by atoms with Gasteiger partial charge < -0.3 is 10.7 Å². The molecular formula is C8H10N2. The summed E-state index contributed by atoms with van der Waals surface area (Å²) in [4.78, 5) is 3.02. The van der Waals surface area contributed by atoms with E-state index in [9.17, 15) is 0 Å². The minimum Gasteiger partial charge on any atom is -0.405 e. The van der Waals surface area contributed by atoms with Gasteiger partial charge >= 0.3 is 0 Å². The van der Waals surface area contributed by atoms with Gasteiger partial charge in [0.15, 0.2) is 0 Å². The van der Waals surface area contributed by atoms with Crippen LogP contribution in [0, 0.1) is 0 Å². The Bertz CT molecular complexity index is 246. The first-order chi connectivity index (χ1) is 4.88.